The van der Waals surface area contributed by atoms with Gasteiger partial charge >= 0.3 is 0 Å². The number of piperidine rings is 1. The number of thiophene rings is 1. The number of rotatable bonds is 2. The van der Waals surface area contributed by atoms with Gasteiger partial charge in [0, 0.05) is 29.5 Å². The molecule has 1 unspecified atom stereocenters. The van der Waals surface area contributed by atoms with Gasteiger partial charge in [-0.2, -0.15) is 11.3 Å². The van der Waals surface area contributed by atoms with Crippen LogP contribution in [-0.4, -0.2) is 41.5 Å². The smallest absolute Gasteiger partial charge is 0.270 e. The Labute approximate surface area is 128 Å². The monoisotopic (exact) mass is 301 g/mol. The molecule has 1 amide bonds. The van der Waals surface area contributed by atoms with Gasteiger partial charge in [0.2, 0.25) is 0 Å². The summed E-state index contributed by atoms with van der Waals surface area (Å²) in [5, 5.41) is 9.52. The lowest BCUT2D eigenvalue weighted by molar-refractivity contribution is 0.0924. The molecule has 2 aromatic rings. The van der Waals surface area contributed by atoms with E-state index in [1.807, 2.05) is 6.07 Å². The van der Waals surface area contributed by atoms with E-state index in [2.05, 4.69) is 26.0 Å². The standard InChI is InChI=1S/C16H19N3OS/c20-16(15-6-12-9-21-10-13(12)7-17-15)18-14-5-11-1-3-19(8-14)4-2-11/h6-7,9-11,14H,1-5,8H2,(H,18,20). The third-order valence-electron chi connectivity index (χ3n) is 4.73. The Morgan fingerprint density at radius 1 is 1.29 bits per heavy atom. The molecule has 0 aliphatic carbocycles. The summed E-state index contributed by atoms with van der Waals surface area (Å²) in [5.74, 6) is 0.747. The minimum absolute atomic E-state index is 0.0319. The summed E-state index contributed by atoms with van der Waals surface area (Å²) in [6.45, 7) is 3.37. The van der Waals surface area contributed by atoms with Gasteiger partial charge in [-0.05, 0) is 55.1 Å². The van der Waals surface area contributed by atoms with Gasteiger partial charge in [0.1, 0.15) is 5.69 Å². The number of amides is 1. The minimum Gasteiger partial charge on any atom is -0.347 e. The van der Waals surface area contributed by atoms with Gasteiger partial charge in [-0.3, -0.25) is 9.78 Å². The van der Waals surface area contributed by atoms with Crippen molar-refractivity contribution >= 4 is 28.0 Å². The van der Waals surface area contributed by atoms with Crippen LogP contribution in [0.4, 0.5) is 0 Å². The van der Waals surface area contributed by atoms with E-state index in [9.17, 15) is 4.79 Å². The molecule has 3 saturated heterocycles. The van der Waals surface area contributed by atoms with Gasteiger partial charge in [0.05, 0.1) is 0 Å². The molecule has 1 N–H and O–H groups in total. The molecule has 2 bridgehead atoms. The van der Waals surface area contributed by atoms with Crippen LogP contribution in [0.15, 0.2) is 23.0 Å². The quantitative estimate of drug-likeness (QED) is 0.927. The molecule has 0 saturated carbocycles. The van der Waals surface area contributed by atoms with Gasteiger partial charge in [-0.1, -0.05) is 0 Å². The first-order valence-electron chi connectivity index (χ1n) is 7.63. The molecule has 110 valence electrons. The average molecular weight is 301 g/mol. The van der Waals surface area contributed by atoms with Gasteiger partial charge in [-0.15, -0.1) is 0 Å². The van der Waals surface area contributed by atoms with Crippen molar-refractivity contribution in [2.45, 2.75) is 25.3 Å². The van der Waals surface area contributed by atoms with Gasteiger partial charge < -0.3 is 10.2 Å². The Kier molecular flexibility index (Phi) is 3.39. The molecule has 0 spiro atoms. The Balaban J connectivity index is 1.49. The first-order chi connectivity index (χ1) is 10.3. The zero-order chi connectivity index (χ0) is 14.2. The van der Waals surface area contributed by atoms with Crippen molar-refractivity contribution in [3.05, 3.63) is 28.7 Å². The number of nitrogens with one attached hydrogen (secondary N) is 1. The molecule has 4 nitrogen and oxygen atoms in total. The molecule has 5 rings (SSSR count). The highest BCUT2D eigenvalue weighted by Gasteiger charge is 2.30. The van der Waals surface area contributed by atoms with Crippen molar-refractivity contribution < 1.29 is 4.79 Å². The summed E-state index contributed by atoms with van der Waals surface area (Å²) in [7, 11) is 0. The SMILES string of the molecule is O=C(NC1CC2CCN(CC2)C1)c1cc2cscc2cn1. The fourth-order valence-electron chi connectivity index (χ4n) is 3.54. The second-order valence-electron chi connectivity index (χ2n) is 6.22. The summed E-state index contributed by atoms with van der Waals surface area (Å²) in [5.41, 5.74) is 0.535. The fraction of sp³-hybridized carbons (Fsp3) is 0.500. The summed E-state index contributed by atoms with van der Waals surface area (Å²) < 4.78 is 0. The highest BCUT2D eigenvalue weighted by Crippen LogP contribution is 2.27. The zero-order valence-corrected chi connectivity index (χ0v) is 12.7. The van der Waals surface area contributed by atoms with Crippen LogP contribution in [0.2, 0.25) is 0 Å². The molecule has 0 aromatic carbocycles. The molecule has 21 heavy (non-hydrogen) atoms. The third kappa shape index (κ3) is 2.68. The Morgan fingerprint density at radius 3 is 2.95 bits per heavy atom. The lowest BCUT2D eigenvalue weighted by atomic mass is 9.94. The largest absolute Gasteiger partial charge is 0.347 e. The lowest BCUT2D eigenvalue weighted by Crippen LogP contribution is -2.42. The van der Waals surface area contributed by atoms with E-state index in [0.717, 1.165) is 29.7 Å². The van der Waals surface area contributed by atoms with E-state index in [1.54, 1.807) is 17.5 Å². The van der Waals surface area contributed by atoms with Gasteiger partial charge in [0.15, 0.2) is 0 Å². The van der Waals surface area contributed by atoms with Crippen LogP contribution in [0, 0.1) is 5.92 Å². The zero-order valence-electron chi connectivity index (χ0n) is 11.9. The first-order valence-corrected chi connectivity index (χ1v) is 8.57. The highest BCUT2D eigenvalue weighted by atomic mass is 32.1. The predicted molar refractivity (Wildman–Crippen MR) is 84.7 cm³/mol. The second kappa shape index (κ2) is 5.39. The van der Waals surface area contributed by atoms with Crippen LogP contribution in [-0.2, 0) is 0 Å². The van der Waals surface area contributed by atoms with Crippen LogP contribution >= 0.6 is 11.3 Å². The third-order valence-corrected chi connectivity index (χ3v) is 5.51. The van der Waals surface area contributed by atoms with Gasteiger partial charge in [-0.25, -0.2) is 0 Å². The first kappa shape index (κ1) is 13.2. The average Bonchev–Trinajstić information content (AvgIpc) is 2.78. The molecule has 5 heteroatoms. The minimum atomic E-state index is -0.0319. The van der Waals surface area contributed by atoms with Crippen LogP contribution in [0.3, 0.4) is 0 Å². The summed E-state index contributed by atoms with van der Waals surface area (Å²) in [6, 6.07) is 2.17. The lowest BCUT2D eigenvalue weighted by Gasteiger charge is -2.26. The van der Waals surface area contributed by atoms with Crippen molar-refractivity contribution in [1.82, 2.24) is 15.2 Å². The Hall–Kier alpha value is -1.46. The van der Waals surface area contributed by atoms with Crippen LogP contribution in [0.25, 0.3) is 10.8 Å². The van der Waals surface area contributed by atoms with Crippen LogP contribution in [0.1, 0.15) is 29.8 Å². The van der Waals surface area contributed by atoms with E-state index in [1.165, 1.54) is 25.9 Å². The number of carbonyl (C=O) groups is 1. The van der Waals surface area contributed by atoms with Gasteiger partial charge in [0.25, 0.3) is 5.91 Å². The number of nitrogens with zero attached hydrogens (tertiary/aromatic N) is 2. The Morgan fingerprint density at radius 2 is 2.10 bits per heavy atom. The van der Waals surface area contributed by atoms with Crippen molar-refractivity contribution in [2.24, 2.45) is 5.92 Å². The molecule has 5 heterocycles. The number of fused-ring (bicyclic) bond motifs is 5. The normalized spacial score (nSPS) is 28.5. The highest BCUT2D eigenvalue weighted by molar-refractivity contribution is 7.09. The molecule has 3 aliphatic rings. The number of aromatic nitrogens is 1. The summed E-state index contributed by atoms with van der Waals surface area (Å²) in [4.78, 5) is 19.2. The molecule has 3 fully saturated rings. The Bertz CT molecular complexity index is 646. The molecule has 2 aromatic heterocycles. The molecule has 0 radical (unpaired) electrons. The van der Waals surface area contributed by atoms with E-state index in [4.69, 9.17) is 0 Å². The van der Waals surface area contributed by atoms with E-state index >= 15 is 0 Å². The summed E-state index contributed by atoms with van der Waals surface area (Å²) >= 11 is 1.64. The predicted octanol–water partition coefficient (Wildman–Crippen LogP) is 2.51. The maximum absolute atomic E-state index is 12.4. The number of hydrogen-bond acceptors (Lipinski definition) is 4. The van der Waals surface area contributed by atoms with Crippen molar-refractivity contribution in [3.63, 3.8) is 0 Å². The van der Waals surface area contributed by atoms with Crippen molar-refractivity contribution in [1.29, 1.82) is 0 Å². The van der Waals surface area contributed by atoms with E-state index in [-0.39, 0.29) is 11.9 Å². The van der Waals surface area contributed by atoms with E-state index < -0.39 is 0 Å². The van der Waals surface area contributed by atoms with Crippen molar-refractivity contribution in [2.75, 3.05) is 19.6 Å². The molecular weight excluding hydrogens is 282 g/mol. The van der Waals surface area contributed by atoms with E-state index in [0.29, 0.717) is 5.69 Å². The second-order valence-corrected chi connectivity index (χ2v) is 6.96. The topological polar surface area (TPSA) is 45.2 Å². The number of hydrogen-bond donors (Lipinski definition) is 1. The van der Waals surface area contributed by atoms with Crippen LogP contribution < -0.4 is 5.32 Å². The molecule has 3 aliphatic heterocycles. The number of carbonyl (C=O) groups excluding carboxylic acids is 1. The van der Waals surface area contributed by atoms with Crippen LogP contribution in [0.5, 0.6) is 0 Å². The molecular formula is C16H19N3OS. The molecule has 1 atom stereocenters. The van der Waals surface area contributed by atoms with Crippen molar-refractivity contribution in [3.8, 4) is 0 Å². The summed E-state index contributed by atoms with van der Waals surface area (Å²) in [6.07, 6.45) is 5.47. The maximum Gasteiger partial charge on any atom is 0.270 e. The number of pyridine rings is 1. The fourth-order valence-corrected chi connectivity index (χ4v) is 4.31. The maximum atomic E-state index is 12.4.